The monoisotopic (exact) mass is 198 g/mol. The van der Waals surface area contributed by atoms with E-state index in [0.29, 0.717) is 5.69 Å². The van der Waals surface area contributed by atoms with Gasteiger partial charge < -0.3 is 10.7 Å². The zero-order valence-electron chi connectivity index (χ0n) is 8.01. The van der Waals surface area contributed by atoms with E-state index in [0.717, 1.165) is 16.9 Å². The first kappa shape index (κ1) is 8.11. The van der Waals surface area contributed by atoms with E-state index >= 15 is 0 Å². The van der Waals surface area contributed by atoms with Crippen LogP contribution in [0.5, 0.6) is 0 Å². The fourth-order valence-corrected chi connectivity index (χ4v) is 1.69. The maximum absolute atomic E-state index is 6.00. The Bertz CT molecular complexity index is 591. The van der Waals surface area contributed by atoms with Crippen LogP contribution in [-0.2, 0) is 0 Å². The Morgan fingerprint density at radius 2 is 2.00 bits per heavy atom. The van der Waals surface area contributed by atoms with Crippen molar-refractivity contribution < 1.29 is 0 Å². The van der Waals surface area contributed by atoms with Crippen LogP contribution in [0, 0.1) is 0 Å². The number of nitrogens with zero attached hydrogens (tertiary/aromatic N) is 2. The van der Waals surface area contributed by atoms with E-state index in [2.05, 4.69) is 10.1 Å². The van der Waals surface area contributed by atoms with Gasteiger partial charge in [-0.05, 0) is 0 Å². The number of aromatic amines is 1. The minimum absolute atomic E-state index is 0.686. The summed E-state index contributed by atoms with van der Waals surface area (Å²) in [6.45, 7) is 0. The van der Waals surface area contributed by atoms with Crippen LogP contribution in [0.2, 0.25) is 0 Å². The number of hydrogen-bond acceptors (Lipinski definition) is 2. The van der Waals surface area contributed by atoms with Gasteiger partial charge in [-0.3, -0.25) is 0 Å². The lowest BCUT2D eigenvalue weighted by atomic mass is 10.1. The minimum atomic E-state index is 0.686. The number of imidazole rings is 1. The van der Waals surface area contributed by atoms with Gasteiger partial charge in [0.2, 0.25) is 0 Å². The minimum Gasteiger partial charge on any atom is -0.394 e. The van der Waals surface area contributed by atoms with Crippen LogP contribution < -0.4 is 5.73 Å². The fraction of sp³-hybridized carbons (Fsp3) is 0. The second-order valence-corrected chi connectivity index (χ2v) is 3.38. The molecule has 0 fully saturated rings. The Kier molecular flexibility index (Phi) is 1.56. The van der Waals surface area contributed by atoms with Gasteiger partial charge in [0.05, 0.1) is 0 Å². The molecule has 15 heavy (non-hydrogen) atoms. The first-order valence-corrected chi connectivity index (χ1v) is 4.73. The predicted molar refractivity (Wildman–Crippen MR) is 59.4 cm³/mol. The molecule has 0 aliphatic carbocycles. The van der Waals surface area contributed by atoms with E-state index in [1.807, 2.05) is 42.7 Å². The molecule has 0 spiro atoms. The summed E-state index contributed by atoms with van der Waals surface area (Å²) in [6.07, 6.45) is 3.66. The highest BCUT2D eigenvalue weighted by Gasteiger charge is 2.11. The van der Waals surface area contributed by atoms with Crippen molar-refractivity contribution in [3.8, 4) is 11.3 Å². The third kappa shape index (κ3) is 1.11. The summed E-state index contributed by atoms with van der Waals surface area (Å²) < 4.78 is 1.75. The molecule has 3 N–H and O–H groups in total. The lowest BCUT2D eigenvalue weighted by molar-refractivity contribution is 0.978. The highest BCUT2D eigenvalue weighted by atomic mass is 15.3. The third-order valence-corrected chi connectivity index (χ3v) is 2.43. The summed E-state index contributed by atoms with van der Waals surface area (Å²) in [5.41, 5.74) is 9.38. The molecule has 0 saturated carbocycles. The highest BCUT2D eigenvalue weighted by molar-refractivity contribution is 5.82. The molecule has 2 heterocycles. The normalized spacial score (nSPS) is 10.9. The third-order valence-electron chi connectivity index (χ3n) is 2.43. The molecule has 74 valence electrons. The SMILES string of the molecule is Nc1c(-c2ccccc2)nn2cc[nH]c12. The molecular weight excluding hydrogens is 188 g/mol. The highest BCUT2D eigenvalue weighted by Crippen LogP contribution is 2.26. The van der Waals surface area contributed by atoms with Crippen molar-refractivity contribution in [3.63, 3.8) is 0 Å². The molecule has 0 radical (unpaired) electrons. The van der Waals surface area contributed by atoms with Gasteiger partial charge in [-0.2, -0.15) is 5.10 Å². The van der Waals surface area contributed by atoms with E-state index in [-0.39, 0.29) is 0 Å². The quantitative estimate of drug-likeness (QED) is 0.627. The van der Waals surface area contributed by atoms with Crippen molar-refractivity contribution in [3.05, 3.63) is 42.7 Å². The molecule has 0 aliphatic rings. The van der Waals surface area contributed by atoms with Crippen molar-refractivity contribution in [2.24, 2.45) is 0 Å². The number of nitrogen functional groups attached to an aromatic ring is 1. The standard InChI is InChI=1S/C11H10N4/c12-9-10(8-4-2-1-3-5-8)14-15-7-6-13-11(9)15/h1-7,13H,12H2. The first-order chi connectivity index (χ1) is 7.36. The lowest BCUT2D eigenvalue weighted by Crippen LogP contribution is -1.87. The van der Waals surface area contributed by atoms with E-state index in [4.69, 9.17) is 5.73 Å². The van der Waals surface area contributed by atoms with E-state index in [9.17, 15) is 0 Å². The molecule has 4 nitrogen and oxygen atoms in total. The number of fused-ring (bicyclic) bond motifs is 1. The summed E-state index contributed by atoms with van der Waals surface area (Å²) in [5.74, 6) is 0. The Balaban J connectivity index is 2.27. The van der Waals surface area contributed by atoms with Gasteiger partial charge in [-0.1, -0.05) is 30.3 Å². The van der Waals surface area contributed by atoms with Crippen LogP contribution in [0.4, 0.5) is 5.69 Å². The molecular formula is C11H10N4. The molecule has 0 unspecified atom stereocenters. The largest absolute Gasteiger partial charge is 0.394 e. The number of aromatic nitrogens is 3. The Hall–Kier alpha value is -2.23. The Labute approximate surface area is 86.3 Å². The zero-order valence-corrected chi connectivity index (χ0v) is 8.01. The molecule has 0 atom stereocenters. The molecule has 0 saturated heterocycles. The van der Waals surface area contributed by atoms with Crippen molar-refractivity contribution in [1.82, 2.24) is 14.6 Å². The summed E-state index contributed by atoms with van der Waals surface area (Å²) in [4.78, 5) is 3.05. The number of nitrogens with two attached hydrogens (primary N) is 1. The molecule has 3 rings (SSSR count). The Morgan fingerprint density at radius 1 is 1.20 bits per heavy atom. The number of anilines is 1. The summed E-state index contributed by atoms with van der Waals surface area (Å²) in [6, 6.07) is 9.92. The van der Waals surface area contributed by atoms with Crippen molar-refractivity contribution in [2.45, 2.75) is 0 Å². The number of benzene rings is 1. The lowest BCUT2D eigenvalue weighted by Gasteiger charge is -1.96. The maximum Gasteiger partial charge on any atom is 0.157 e. The second-order valence-electron chi connectivity index (χ2n) is 3.38. The number of hydrogen-bond donors (Lipinski definition) is 2. The van der Waals surface area contributed by atoms with Crippen molar-refractivity contribution in [2.75, 3.05) is 5.73 Å². The molecule has 0 amide bonds. The Morgan fingerprint density at radius 3 is 2.73 bits per heavy atom. The van der Waals surface area contributed by atoms with Gasteiger partial charge in [0.25, 0.3) is 0 Å². The molecule has 0 aliphatic heterocycles. The van der Waals surface area contributed by atoms with Crippen LogP contribution in [0.25, 0.3) is 16.9 Å². The molecule has 1 aromatic carbocycles. The summed E-state index contributed by atoms with van der Waals surface area (Å²) in [7, 11) is 0. The van der Waals surface area contributed by atoms with Gasteiger partial charge in [0.15, 0.2) is 5.65 Å². The summed E-state index contributed by atoms with van der Waals surface area (Å²) in [5, 5.41) is 4.40. The van der Waals surface area contributed by atoms with E-state index in [1.165, 1.54) is 0 Å². The molecule has 2 aromatic heterocycles. The van der Waals surface area contributed by atoms with Gasteiger partial charge in [-0.15, -0.1) is 0 Å². The van der Waals surface area contributed by atoms with Gasteiger partial charge >= 0.3 is 0 Å². The van der Waals surface area contributed by atoms with E-state index < -0.39 is 0 Å². The van der Waals surface area contributed by atoms with E-state index in [1.54, 1.807) is 4.52 Å². The van der Waals surface area contributed by atoms with Crippen molar-refractivity contribution in [1.29, 1.82) is 0 Å². The van der Waals surface area contributed by atoms with Crippen LogP contribution in [0.1, 0.15) is 0 Å². The molecule has 0 bridgehead atoms. The fourth-order valence-electron chi connectivity index (χ4n) is 1.69. The smallest absolute Gasteiger partial charge is 0.157 e. The molecule has 4 heteroatoms. The number of rotatable bonds is 1. The van der Waals surface area contributed by atoms with Crippen LogP contribution >= 0.6 is 0 Å². The first-order valence-electron chi connectivity index (χ1n) is 4.73. The van der Waals surface area contributed by atoms with Gasteiger partial charge in [0.1, 0.15) is 11.4 Å². The van der Waals surface area contributed by atoms with Gasteiger partial charge in [-0.25, -0.2) is 4.52 Å². The predicted octanol–water partition coefficient (Wildman–Crippen LogP) is 1.91. The molecule has 3 aromatic rings. The summed E-state index contributed by atoms with van der Waals surface area (Å²) >= 11 is 0. The maximum atomic E-state index is 6.00. The second kappa shape index (κ2) is 2.88. The number of nitrogens with one attached hydrogen (secondary N) is 1. The topological polar surface area (TPSA) is 59.1 Å². The average molecular weight is 198 g/mol. The van der Waals surface area contributed by atoms with Crippen LogP contribution in [0.15, 0.2) is 42.7 Å². The average Bonchev–Trinajstić information content (AvgIpc) is 2.83. The number of H-pyrrole nitrogens is 1. The van der Waals surface area contributed by atoms with Crippen molar-refractivity contribution >= 4 is 11.3 Å². The van der Waals surface area contributed by atoms with Gasteiger partial charge in [0, 0.05) is 18.0 Å². The zero-order chi connectivity index (χ0) is 10.3. The van der Waals surface area contributed by atoms with Crippen LogP contribution in [-0.4, -0.2) is 14.6 Å². The van der Waals surface area contributed by atoms with Crippen LogP contribution in [0.3, 0.4) is 0 Å².